The first-order valence-corrected chi connectivity index (χ1v) is 9.09. The fraction of sp³-hybridized carbons (Fsp3) is 0.579. The molecule has 1 aromatic rings. The molecule has 1 aliphatic carbocycles. The molecule has 1 fully saturated rings. The summed E-state index contributed by atoms with van der Waals surface area (Å²) in [4.78, 5) is 24.0. The number of anilines is 1. The summed E-state index contributed by atoms with van der Waals surface area (Å²) in [5, 5.41) is 8.75. The highest BCUT2D eigenvalue weighted by atomic mass is 16.2. The van der Waals surface area contributed by atoms with Gasteiger partial charge in [0.25, 0.3) is 0 Å². The molecule has 3 N–H and O–H groups in total. The third-order valence-corrected chi connectivity index (χ3v) is 4.60. The van der Waals surface area contributed by atoms with E-state index in [9.17, 15) is 9.59 Å². The lowest BCUT2D eigenvalue weighted by atomic mass is 10.0. The number of rotatable bonds is 7. The van der Waals surface area contributed by atoms with E-state index in [-0.39, 0.29) is 11.9 Å². The van der Waals surface area contributed by atoms with Gasteiger partial charge in [0.2, 0.25) is 5.91 Å². The van der Waals surface area contributed by atoms with Crippen molar-refractivity contribution in [1.29, 1.82) is 0 Å². The topological polar surface area (TPSA) is 70.2 Å². The van der Waals surface area contributed by atoms with Gasteiger partial charge in [0, 0.05) is 24.7 Å². The third-order valence-electron chi connectivity index (χ3n) is 4.60. The van der Waals surface area contributed by atoms with E-state index >= 15 is 0 Å². The molecule has 0 aliphatic heterocycles. The van der Waals surface area contributed by atoms with Crippen LogP contribution in [0.5, 0.6) is 0 Å². The van der Waals surface area contributed by atoms with Crippen molar-refractivity contribution in [3.63, 3.8) is 0 Å². The predicted octanol–water partition coefficient (Wildman–Crippen LogP) is 3.38. The zero-order chi connectivity index (χ0) is 17.4. The van der Waals surface area contributed by atoms with Crippen molar-refractivity contribution in [2.24, 2.45) is 0 Å². The van der Waals surface area contributed by atoms with Crippen LogP contribution in [0.15, 0.2) is 18.2 Å². The summed E-state index contributed by atoms with van der Waals surface area (Å²) in [5.41, 5.74) is 3.15. The van der Waals surface area contributed by atoms with Crippen LogP contribution < -0.4 is 16.0 Å². The van der Waals surface area contributed by atoms with Gasteiger partial charge in [-0.3, -0.25) is 4.79 Å². The average molecular weight is 331 g/mol. The van der Waals surface area contributed by atoms with Crippen LogP contribution in [0.4, 0.5) is 10.5 Å². The molecule has 0 bridgehead atoms. The Balaban J connectivity index is 1.78. The normalized spacial score (nSPS) is 14.4. The molecule has 5 nitrogen and oxygen atoms in total. The lowest BCUT2D eigenvalue weighted by Crippen LogP contribution is -2.36. The number of amides is 3. The summed E-state index contributed by atoms with van der Waals surface area (Å²) in [6.07, 6.45) is 6.60. The van der Waals surface area contributed by atoms with Gasteiger partial charge in [-0.2, -0.15) is 0 Å². The number of carbonyl (C=O) groups excluding carboxylic acids is 2. The number of benzene rings is 1. The van der Waals surface area contributed by atoms with Crippen molar-refractivity contribution >= 4 is 17.6 Å². The maximum atomic E-state index is 12.1. The van der Waals surface area contributed by atoms with Gasteiger partial charge in [0.15, 0.2) is 0 Å². The van der Waals surface area contributed by atoms with Crippen molar-refractivity contribution in [3.8, 4) is 0 Å². The molecule has 0 radical (unpaired) electrons. The highest BCUT2D eigenvalue weighted by Crippen LogP contribution is 2.22. The fourth-order valence-corrected chi connectivity index (χ4v) is 3.22. The lowest BCUT2D eigenvalue weighted by molar-refractivity contribution is -0.121. The van der Waals surface area contributed by atoms with E-state index in [0.29, 0.717) is 19.0 Å². The predicted molar refractivity (Wildman–Crippen MR) is 97.2 cm³/mol. The molecular weight excluding hydrogens is 302 g/mol. The van der Waals surface area contributed by atoms with Gasteiger partial charge in [0.05, 0.1) is 0 Å². The summed E-state index contributed by atoms with van der Waals surface area (Å²) in [7, 11) is 0. The number of carbonyl (C=O) groups is 2. The Hall–Kier alpha value is -2.04. The molecule has 24 heavy (non-hydrogen) atoms. The summed E-state index contributed by atoms with van der Waals surface area (Å²) in [6.45, 7) is 4.50. The second-order valence-corrected chi connectivity index (χ2v) is 6.34. The molecular formula is C19H29N3O2. The highest BCUT2D eigenvalue weighted by Gasteiger charge is 2.17. The highest BCUT2D eigenvalue weighted by molar-refractivity contribution is 5.91. The first kappa shape index (κ1) is 18.3. The van der Waals surface area contributed by atoms with E-state index in [4.69, 9.17) is 0 Å². The molecule has 3 amide bonds. The minimum absolute atomic E-state index is 0.0189. The van der Waals surface area contributed by atoms with Crippen molar-refractivity contribution in [2.75, 3.05) is 11.9 Å². The van der Waals surface area contributed by atoms with Crippen LogP contribution >= 0.6 is 0 Å². The molecule has 1 aliphatic rings. The average Bonchev–Trinajstić information content (AvgIpc) is 3.07. The molecule has 0 aromatic heterocycles. The molecule has 1 saturated carbocycles. The molecule has 1 aromatic carbocycles. The minimum atomic E-state index is -0.251. The van der Waals surface area contributed by atoms with Crippen LogP contribution in [-0.2, 0) is 17.6 Å². The fourth-order valence-electron chi connectivity index (χ4n) is 3.22. The first-order valence-electron chi connectivity index (χ1n) is 9.09. The Kier molecular flexibility index (Phi) is 7.09. The number of urea groups is 1. The van der Waals surface area contributed by atoms with Crippen LogP contribution in [-0.4, -0.2) is 24.5 Å². The Bertz CT molecular complexity index is 543. The van der Waals surface area contributed by atoms with E-state index in [1.165, 1.54) is 12.8 Å². The number of hydrogen-bond donors (Lipinski definition) is 3. The minimum Gasteiger partial charge on any atom is -0.353 e. The second kappa shape index (κ2) is 9.30. The quantitative estimate of drug-likeness (QED) is 0.717. The van der Waals surface area contributed by atoms with E-state index < -0.39 is 0 Å². The Labute approximate surface area is 144 Å². The van der Waals surface area contributed by atoms with Gasteiger partial charge < -0.3 is 16.0 Å². The monoisotopic (exact) mass is 331 g/mol. The molecule has 5 heteroatoms. The van der Waals surface area contributed by atoms with Gasteiger partial charge in [-0.1, -0.05) is 44.9 Å². The second-order valence-electron chi connectivity index (χ2n) is 6.34. The van der Waals surface area contributed by atoms with Crippen LogP contribution in [0.2, 0.25) is 0 Å². The first-order chi connectivity index (χ1) is 11.6. The maximum Gasteiger partial charge on any atom is 0.319 e. The molecule has 0 atom stereocenters. The summed E-state index contributed by atoms with van der Waals surface area (Å²) in [6, 6.07) is 6.16. The van der Waals surface area contributed by atoms with Gasteiger partial charge >= 0.3 is 6.03 Å². The summed E-state index contributed by atoms with van der Waals surface area (Å²) in [5.74, 6) is 0.0189. The third kappa shape index (κ3) is 5.25. The van der Waals surface area contributed by atoms with E-state index in [2.05, 4.69) is 29.8 Å². The summed E-state index contributed by atoms with van der Waals surface area (Å²) < 4.78 is 0. The van der Waals surface area contributed by atoms with Gasteiger partial charge in [0.1, 0.15) is 0 Å². The molecule has 0 heterocycles. The molecule has 132 valence electrons. The van der Waals surface area contributed by atoms with Crippen molar-refractivity contribution < 1.29 is 9.59 Å². The van der Waals surface area contributed by atoms with Crippen LogP contribution in [0.1, 0.15) is 57.1 Å². The van der Waals surface area contributed by atoms with E-state index in [0.717, 1.165) is 42.5 Å². The number of hydrogen-bond acceptors (Lipinski definition) is 2. The Morgan fingerprint density at radius 1 is 1.08 bits per heavy atom. The van der Waals surface area contributed by atoms with Crippen LogP contribution in [0, 0.1) is 0 Å². The van der Waals surface area contributed by atoms with Crippen LogP contribution in [0.3, 0.4) is 0 Å². The zero-order valence-corrected chi connectivity index (χ0v) is 14.8. The maximum absolute atomic E-state index is 12.1. The zero-order valence-electron chi connectivity index (χ0n) is 14.8. The number of aryl methyl sites for hydroxylation is 2. The smallest absolute Gasteiger partial charge is 0.319 e. The van der Waals surface area contributed by atoms with Gasteiger partial charge in [-0.25, -0.2) is 4.79 Å². The molecule has 0 unspecified atom stereocenters. The molecule has 2 rings (SSSR count). The van der Waals surface area contributed by atoms with Crippen LogP contribution in [0.25, 0.3) is 0 Å². The molecule has 0 spiro atoms. The largest absolute Gasteiger partial charge is 0.353 e. The number of nitrogens with one attached hydrogen (secondary N) is 3. The summed E-state index contributed by atoms with van der Waals surface area (Å²) >= 11 is 0. The van der Waals surface area contributed by atoms with E-state index in [1.807, 2.05) is 18.2 Å². The lowest BCUT2D eigenvalue weighted by Gasteiger charge is -2.15. The van der Waals surface area contributed by atoms with Gasteiger partial charge in [-0.15, -0.1) is 0 Å². The standard InChI is InChI=1S/C19H29N3O2/c1-3-14-8-7-9-15(4-2)18(14)22-19(24)20-13-12-17(23)21-16-10-5-6-11-16/h7-9,16H,3-6,10-13H2,1-2H3,(H,21,23)(H2,20,22,24). The molecule has 0 saturated heterocycles. The SMILES string of the molecule is CCc1cccc(CC)c1NC(=O)NCCC(=O)NC1CCCC1. The van der Waals surface area contributed by atoms with Crippen molar-refractivity contribution in [3.05, 3.63) is 29.3 Å². The Morgan fingerprint density at radius 2 is 1.71 bits per heavy atom. The van der Waals surface area contributed by atoms with Crippen molar-refractivity contribution in [1.82, 2.24) is 10.6 Å². The van der Waals surface area contributed by atoms with Crippen molar-refractivity contribution in [2.45, 2.75) is 64.8 Å². The Morgan fingerprint density at radius 3 is 2.29 bits per heavy atom. The number of para-hydroxylation sites is 1. The van der Waals surface area contributed by atoms with E-state index in [1.54, 1.807) is 0 Å². The van der Waals surface area contributed by atoms with Gasteiger partial charge in [-0.05, 0) is 36.8 Å².